The van der Waals surface area contributed by atoms with Gasteiger partial charge in [-0.05, 0) is 56.0 Å². The highest BCUT2D eigenvalue weighted by Crippen LogP contribution is 2.18. The van der Waals surface area contributed by atoms with Crippen molar-refractivity contribution in [3.63, 3.8) is 0 Å². The van der Waals surface area contributed by atoms with Gasteiger partial charge in [-0.1, -0.05) is 12.1 Å². The van der Waals surface area contributed by atoms with Gasteiger partial charge in [0.2, 0.25) is 11.8 Å². The minimum absolute atomic E-state index is 0. The summed E-state index contributed by atoms with van der Waals surface area (Å²) < 4.78 is 0. The van der Waals surface area contributed by atoms with E-state index in [9.17, 15) is 9.59 Å². The van der Waals surface area contributed by atoms with Gasteiger partial charge in [-0.2, -0.15) is 0 Å². The molecule has 0 radical (unpaired) electrons. The van der Waals surface area contributed by atoms with E-state index < -0.39 is 0 Å². The normalized spacial score (nSPS) is 14.6. The fourth-order valence-corrected chi connectivity index (χ4v) is 2.77. The quantitative estimate of drug-likeness (QED) is 0.825. The van der Waals surface area contributed by atoms with E-state index in [0.29, 0.717) is 18.8 Å². The van der Waals surface area contributed by atoms with E-state index in [1.54, 1.807) is 19.0 Å². The van der Waals surface area contributed by atoms with Gasteiger partial charge in [0.05, 0.1) is 6.42 Å². The summed E-state index contributed by atoms with van der Waals surface area (Å²) in [7, 11) is 3.50. The second kappa shape index (κ2) is 10.3. The molecule has 5 nitrogen and oxygen atoms in total. The maximum absolute atomic E-state index is 12.0. The Hall–Kier alpha value is -1.59. The first-order chi connectivity index (χ1) is 11.0. The van der Waals surface area contributed by atoms with Gasteiger partial charge in [-0.15, -0.1) is 12.4 Å². The first kappa shape index (κ1) is 20.5. The molecule has 24 heavy (non-hydrogen) atoms. The lowest BCUT2D eigenvalue weighted by atomic mass is 9.93. The van der Waals surface area contributed by atoms with Crippen molar-refractivity contribution in [3.8, 4) is 0 Å². The predicted molar refractivity (Wildman–Crippen MR) is 99.5 cm³/mol. The molecule has 2 amide bonds. The van der Waals surface area contributed by atoms with Crippen molar-refractivity contribution in [2.24, 2.45) is 5.92 Å². The molecule has 6 heteroatoms. The maximum atomic E-state index is 12.0. The fraction of sp³-hybridized carbons (Fsp3) is 0.556. The maximum Gasteiger partial charge on any atom is 0.226 e. The van der Waals surface area contributed by atoms with Crippen LogP contribution in [-0.4, -0.2) is 43.9 Å². The first-order valence-corrected chi connectivity index (χ1v) is 8.34. The van der Waals surface area contributed by atoms with Crippen molar-refractivity contribution in [1.29, 1.82) is 0 Å². The molecule has 2 rings (SSSR count). The molecule has 1 aromatic rings. The van der Waals surface area contributed by atoms with Crippen molar-refractivity contribution in [2.45, 2.75) is 32.1 Å². The van der Waals surface area contributed by atoms with Crippen molar-refractivity contribution >= 4 is 29.9 Å². The van der Waals surface area contributed by atoms with Gasteiger partial charge < -0.3 is 15.5 Å². The Bertz CT molecular complexity index is 526. The van der Waals surface area contributed by atoms with Gasteiger partial charge in [0.15, 0.2) is 0 Å². The second-order valence-corrected chi connectivity index (χ2v) is 6.44. The standard InChI is InChI=1S/C18H27N3O2.ClH/c1-21(2)18(23)13-15-3-6-16(7-4-15)20-17(22)8-5-14-9-11-19-12-10-14;/h3-4,6-7,14,19H,5,8-13H2,1-2H3,(H,20,22);1H. The lowest BCUT2D eigenvalue weighted by Gasteiger charge is -2.22. The zero-order valence-electron chi connectivity index (χ0n) is 14.5. The third-order valence-electron chi connectivity index (χ3n) is 4.33. The van der Waals surface area contributed by atoms with Crippen LogP contribution in [0.5, 0.6) is 0 Å². The number of carbonyl (C=O) groups excluding carboxylic acids is 2. The van der Waals surface area contributed by atoms with Gasteiger partial charge in [0, 0.05) is 26.2 Å². The van der Waals surface area contributed by atoms with Gasteiger partial charge in [0.25, 0.3) is 0 Å². The molecule has 1 fully saturated rings. The van der Waals surface area contributed by atoms with E-state index in [0.717, 1.165) is 30.8 Å². The summed E-state index contributed by atoms with van der Waals surface area (Å²) in [6, 6.07) is 7.51. The van der Waals surface area contributed by atoms with Gasteiger partial charge in [-0.3, -0.25) is 9.59 Å². The van der Waals surface area contributed by atoms with Crippen LogP contribution in [0.3, 0.4) is 0 Å². The molecule has 1 aliphatic rings. The van der Waals surface area contributed by atoms with Crippen molar-refractivity contribution in [3.05, 3.63) is 29.8 Å². The highest BCUT2D eigenvalue weighted by Gasteiger charge is 2.14. The molecule has 1 saturated heterocycles. The molecule has 0 bridgehead atoms. The molecule has 0 atom stereocenters. The third kappa shape index (κ3) is 6.89. The average molecular weight is 354 g/mol. The molecule has 1 heterocycles. The summed E-state index contributed by atoms with van der Waals surface area (Å²) in [5.74, 6) is 0.811. The number of anilines is 1. The molecular weight excluding hydrogens is 326 g/mol. The molecule has 0 unspecified atom stereocenters. The lowest BCUT2D eigenvalue weighted by Crippen LogP contribution is -2.28. The predicted octanol–water partition coefficient (Wildman–Crippen LogP) is 2.46. The van der Waals surface area contributed by atoms with E-state index in [1.807, 2.05) is 24.3 Å². The van der Waals surface area contributed by atoms with Crippen LogP contribution >= 0.6 is 12.4 Å². The van der Waals surface area contributed by atoms with Crippen LogP contribution in [-0.2, 0) is 16.0 Å². The third-order valence-corrected chi connectivity index (χ3v) is 4.33. The summed E-state index contributed by atoms with van der Waals surface area (Å²) in [5.41, 5.74) is 1.75. The summed E-state index contributed by atoms with van der Waals surface area (Å²) in [4.78, 5) is 25.3. The number of hydrogen-bond donors (Lipinski definition) is 2. The molecule has 0 aliphatic carbocycles. The van der Waals surface area contributed by atoms with E-state index in [1.165, 1.54) is 12.8 Å². The van der Waals surface area contributed by atoms with E-state index in [-0.39, 0.29) is 24.2 Å². The van der Waals surface area contributed by atoms with Crippen LogP contribution < -0.4 is 10.6 Å². The smallest absolute Gasteiger partial charge is 0.226 e. The number of nitrogens with zero attached hydrogens (tertiary/aromatic N) is 1. The molecule has 1 aromatic carbocycles. The number of benzene rings is 1. The summed E-state index contributed by atoms with van der Waals surface area (Å²) in [5, 5.41) is 6.28. The average Bonchev–Trinajstić information content (AvgIpc) is 2.55. The fourth-order valence-electron chi connectivity index (χ4n) is 2.77. The van der Waals surface area contributed by atoms with Crippen LogP contribution in [0.4, 0.5) is 5.69 Å². The SMILES string of the molecule is CN(C)C(=O)Cc1ccc(NC(=O)CCC2CCNCC2)cc1.Cl. The van der Waals surface area contributed by atoms with Crippen LogP contribution in [0.25, 0.3) is 0 Å². The Balaban J connectivity index is 0.00000288. The Kier molecular flexibility index (Phi) is 8.79. The molecule has 0 spiro atoms. The number of halogens is 1. The van der Waals surface area contributed by atoms with Crippen molar-refractivity contribution in [2.75, 3.05) is 32.5 Å². The largest absolute Gasteiger partial charge is 0.349 e. The Labute approximate surface area is 150 Å². The topological polar surface area (TPSA) is 61.4 Å². The van der Waals surface area contributed by atoms with E-state index >= 15 is 0 Å². The molecule has 0 saturated carbocycles. The summed E-state index contributed by atoms with van der Waals surface area (Å²) in [6.45, 7) is 2.14. The summed E-state index contributed by atoms with van der Waals surface area (Å²) in [6.07, 6.45) is 4.26. The van der Waals surface area contributed by atoms with Crippen LogP contribution in [0.2, 0.25) is 0 Å². The highest BCUT2D eigenvalue weighted by atomic mass is 35.5. The molecule has 0 aromatic heterocycles. The number of likely N-dealkylation sites (N-methyl/N-ethyl adjacent to an activating group) is 1. The Morgan fingerprint density at radius 3 is 2.38 bits per heavy atom. The number of piperidine rings is 1. The van der Waals surface area contributed by atoms with Gasteiger partial charge in [0.1, 0.15) is 0 Å². The van der Waals surface area contributed by atoms with Gasteiger partial charge in [-0.25, -0.2) is 0 Å². The lowest BCUT2D eigenvalue weighted by molar-refractivity contribution is -0.128. The molecular formula is C18H28ClN3O2. The minimum Gasteiger partial charge on any atom is -0.349 e. The van der Waals surface area contributed by atoms with E-state index in [4.69, 9.17) is 0 Å². The number of carbonyl (C=O) groups is 2. The highest BCUT2D eigenvalue weighted by molar-refractivity contribution is 5.90. The molecule has 134 valence electrons. The van der Waals surface area contributed by atoms with Crippen LogP contribution in [0.15, 0.2) is 24.3 Å². The molecule has 2 N–H and O–H groups in total. The van der Waals surface area contributed by atoms with E-state index in [2.05, 4.69) is 10.6 Å². The Morgan fingerprint density at radius 2 is 1.79 bits per heavy atom. The zero-order chi connectivity index (χ0) is 16.7. The molecule has 1 aliphatic heterocycles. The number of hydrogen-bond acceptors (Lipinski definition) is 3. The second-order valence-electron chi connectivity index (χ2n) is 6.44. The van der Waals surface area contributed by atoms with Crippen LogP contribution in [0.1, 0.15) is 31.2 Å². The number of rotatable bonds is 6. The first-order valence-electron chi connectivity index (χ1n) is 8.34. The minimum atomic E-state index is 0. The Morgan fingerprint density at radius 1 is 1.17 bits per heavy atom. The van der Waals surface area contributed by atoms with Crippen LogP contribution in [0, 0.1) is 5.92 Å². The number of nitrogens with one attached hydrogen (secondary N) is 2. The number of amides is 2. The monoisotopic (exact) mass is 353 g/mol. The van der Waals surface area contributed by atoms with Gasteiger partial charge >= 0.3 is 0 Å². The van der Waals surface area contributed by atoms with Crippen molar-refractivity contribution in [1.82, 2.24) is 10.2 Å². The van der Waals surface area contributed by atoms with Crippen molar-refractivity contribution < 1.29 is 9.59 Å². The summed E-state index contributed by atoms with van der Waals surface area (Å²) >= 11 is 0. The zero-order valence-corrected chi connectivity index (χ0v) is 15.3.